The van der Waals surface area contributed by atoms with Crippen molar-refractivity contribution in [2.75, 3.05) is 19.7 Å². The fourth-order valence-corrected chi connectivity index (χ4v) is 2.93. The predicted molar refractivity (Wildman–Crippen MR) is 81.0 cm³/mol. The fraction of sp³-hybridized carbons (Fsp3) is 0.500. The number of imidazole rings is 1. The van der Waals surface area contributed by atoms with Crippen LogP contribution in [-0.2, 0) is 17.8 Å². The number of para-hydroxylation sites is 2. The molecule has 0 bridgehead atoms. The molecule has 2 aromatic rings. The third-order valence-electron chi connectivity index (χ3n) is 4.04. The standard InChI is InChI=1S/C16H21N3O2/c20-11-5-8-15-17-13-6-1-2-7-14(13)19(15)12-16(21)18-9-3-4-10-18/h1-2,6-7,20H,3-5,8-12H2. The van der Waals surface area contributed by atoms with Gasteiger partial charge >= 0.3 is 0 Å². The Morgan fingerprint density at radius 3 is 2.76 bits per heavy atom. The molecule has 1 aromatic carbocycles. The summed E-state index contributed by atoms with van der Waals surface area (Å²) in [7, 11) is 0. The maximum absolute atomic E-state index is 12.4. The molecule has 1 saturated heterocycles. The zero-order chi connectivity index (χ0) is 14.7. The molecule has 0 spiro atoms. The number of aryl methyl sites for hydroxylation is 1. The normalized spacial score (nSPS) is 15.0. The number of hydrogen-bond acceptors (Lipinski definition) is 3. The third-order valence-corrected chi connectivity index (χ3v) is 4.04. The number of rotatable bonds is 5. The summed E-state index contributed by atoms with van der Waals surface area (Å²) in [6.45, 7) is 2.24. The van der Waals surface area contributed by atoms with E-state index in [1.54, 1.807) is 0 Å². The maximum atomic E-state index is 12.4. The van der Waals surface area contributed by atoms with E-state index < -0.39 is 0 Å². The first-order valence-electron chi connectivity index (χ1n) is 7.62. The van der Waals surface area contributed by atoms with Crippen LogP contribution < -0.4 is 0 Å². The molecule has 5 heteroatoms. The summed E-state index contributed by atoms with van der Waals surface area (Å²) in [6, 6.07) is 7.89. The van der Waals surface area contributed by atoms with E-state index in [1.807, 2.05) is 33.7 Å². The molecule has 21 heavy (non-hydrogen) atoms. The third kappa shape index (κ3) is 2.93. The highest BCUT2D eigenvalue weighted by Gasteiger charge is 2.20. The Morgan fingerprint density at radius 2 is 2.00 bits per heavy atom. The van der Waals surface area contributed by atoms with Crippen molar-refractivity contribution in [1.29, 1.82) is 0 Å². The first-order valence-corrected chi connectivity index (χ1v) is 7.62. The van der Waals surface area contributed by atoms with Crippen LogP contribution >= 0.6 is 0 Å². The lowest BCUT2D eigenvalue weighted by Crippen LogP contribution is -2.31. The van der Waals surface area contributed by atoms with Crippen molar-refractivity contribution in [1.82, 2.24) is 14.5 Å². The number of likely N-dealkylation sites (tertiary alicyclic amines) is 1. The van der Waals surface area contributed by atoms with E-state index in [4.69, 9.17) is 5.11 Å². The Kier molecular flexibility index (Phi) is 4.20. The molecule has 1 fully saturated rings. The summed E-state index contributed by atoms with van der Waals surface area (Å²) in [5, 5.41) is 9.04. The van der Waals surface area contributed by atoms with Gasteiger partial charge in [0.15, 0.2) is 0 Å². The van der Waals surface area contributed by atoms with Crippen molar-refractivity contribution >= 4 is 16.9 Å². The number of carbonyl (C=O) groups is 1. The maximum Gasteiger partial charge on any atom is 0.242 e. The Labute approximate surface area is 124 Å². The Balaban J connectivity index is 1.88. The molecule has 1 aliphatic rings. The monoisotopic (exact) mass is 287 g/mol. The molecule has 3 rings (SSSR count). The highest BCUT2D eigenvalue weighted by atomic mass is 16.3. The smallest absolute Gasteiger partial charge is 0.242 e. The lowest BCUT2D eigenvalue weighted by atomic mass is 10.3. The van der Waals surface area contributed by atoms with Crippen LogP contribution in [0.4, 0.5) is 0 Å². The van der Waals surface area contributed by atoms with E-state index >= 15 is 0 Å². The van der Waals surface area contributed by atoms with E-state index in [-0.39, 0.29) is 12.5 Å². The average molecular weight is 287 g/mol. The molecule has 0 unspecified atom stereocenters. The van der Waals surface area contributed by atoms with Gasteiger partial charge in [-0.15, -0.1) is 0 Å². The van der Waals surface area contributed by atoms with Crippen LogP contribution in [0.3, 0.4) is 0 Å². The molecule has 0 radical (unpaired) electrons. The van der Waals surface area contributed by atoms with E-state index in [1.165, 1.54) is 0 Å². The summed E-state index contributed by atoms with van der Waals surface area (Å²) in [6.07, 6.45) is 3.57. The number of aromatic nitrogens is 2. The molecule has 1 aromatic heterocycles. The molecular formula is C16H21N3O2. The van der Waals surface area contributed by atoms with Gasteiger partial charge in [-0.05, 0) is 31.4 Å². The minimum Gasteiger partial charge on any atom is -0.396 e. The Hall–Kier alpha value is -1.88. The molecule has 1 amide bonds. The second kappa shape index (κ2) is 6.26. The summed E-state index contributed by atoms with van der Waals surface area (Å²) in [5.41, 5.74) is 1.91. The highest BCUT2D eigenvalue weighted by molar-refractivity contribution is 5.81. The highest BCUT2D eigenvalue weighted by Crippen LogP contribution is 2.18. The zero-order valence-corrected chi connectivity index (χ0v) is 12.2. The first kappa shape index (κ1) is 14.1. The van der Waals surface area contributed by atoms with E-state index in [9.17, 15) is 4.79 Å². The average Bonchev–Trinajstić information content (AvgIpc) is 3.14. The minimum atomic E-state index is 0.142. The molecule has 0 atom stereocenters. The summed E-state index contributed by atoms with van der Waals surface area (Å²) in [4.78, 5) is 19.0. The Morgan fingerprint density at radius 1 is 1.24 bits per heavy atom. The van der Waals surface area contributed by atoms with Crippen molar-refractivity contribution in [3.05, 3.63) is 30.1 Å². The van der Waals surface area contributed by atoms with E-state index in [2.05, 4.69) is 4.98 Å². The van der Waals surface area contributed by atoms with E-state index in [0.29, 0.717) is 19.4 Å². The molecule has 0 saturated carbocycles. The van der Waals surface area contributed by atoms with Crippen LogP contribution in [-0.4, -0.2) is 45.2 Å². The van der Waals surface area contributed by atoms with Crippen LogP contribution in [0.15, 0.2) is 24.3 Å². The van der Waals surface area contributed by atoms with Gasteiger partial charge in [-0.25, -0.2) is 4.98 Å². The predicted octanol–water partition coefficient (Wildman–Crippen LogP) is 1.58. The number of nitrogens with zero attached hydrogens (tertiary/aromatic N) is 3. The van der Waals surface area contributed by atoms with Gasteiger partial charge in [-0.2, -0.15) is 0 Å². The number of hydrogen-bond donors (Lipinski definition) is 1. The van der Waals surface area contributed by atoms with Gasteiger partial charge in [0.1, 0.15) is 12.4 Å². The number of carbonyl (C=O) groups excluding carboxylic acids is 1. The van der Waals surface area contributed by atoms with Crippen molar-refractivity contribution in [2.45, 2.75) is 32.2 Å². The number of amides is 1. The molecule has 112 valence electrons. The number of aliphatic hydroxyl groups is 1. The van der Waals surface area contributed by atoms with Gasteiger partial charge in [0.2, 0.25) is 5.91 Å². The number of benzene rings is 1. The van der Waals surface area contributed by atoms with Crippen LogP contribution in [0.2, 0.25) is 0 Å². The first-order chi connectivity index (χ1) is 10.3. The molecule has 0 aliphatic carbocycles. The lowest BCUT2D eigenvalue weighted by molar-refractivity contribution is -0.130. The van der Waals surface area contributed by atoms with Gasteiger partial charge in [-0.1, -0.05) is 12.1 Å². The van der Waals surface area contributed by atoms with Crippen LogP contribution in [0, 0.1) is 0 Å². The molecule has 1 aliphatic heterocycles. The Bertz CT molecular complexity index is 629. The van der Waals surface area contributed by atoms with Gasteiger partial charge in [0.25, 0.3) is 0 Å². The SMILES string of the molecule is O=C(Cn1c(CCCO)nc2ccccc21)N1CCCC1. The molecule has 1 N–H and O–H groups in total. The van der Waals surface area contributed by atoms with Crippen LogP contribution in [0.5, 0.6) is 0 Å². The second-order valence-electron chi connectivity index (χ2n) is 5.52. The van der Waals surface area contributed by atoms with Crippen molar-refractivity contribution in [2.24, 2.45) is 0 Å². The lowest BCUT2D eigenvalue weighted by Gasteiger charge is -2.17. The van der Waals surface area contributed by atoms with Gasteiger partial charge < -0.3 is 14.6 Å². The minimum absolute atomic E-state index is 0.142. The largest absolute Gasteiger partial charge is 0.396 e. The molecular weight excluding hydrogens is 266 g/mol. The topological polar surface area (TPSA) is 58.4 Å². The number of aliphatic hydroxyl groups excluding tert-OH is 1. The second-order valence-corrected chi connectivity index (χ2v) is 5.52. The van der Waals surface area contributed by atoms with Gasteiger partial charge in [0.05, 0.1) is 11.0 Å². The van der Waals surface area contributed by atoms with Crippen LogP contribution in [0.25, 0.3) is 11.0 Å². The summed E-state index contributed by atoms with van der Waals surface area (Å²) in [5.74, 6) is 1.05. The van der Waals surface area contributed by atoms with Crippen molar-refractivity contribution in [3.8, 4) is 0 Å². The quantitative estimate of drug-likeness (QED) is 0.908. The summed E-state index contributed by atoms with van der Waals surface area (Å²) < 4.78 is 2.01. The summed E-state index contributed by atoms with van der Waals surface area (Å²) >= 11 is 0. The van der Waals surface area contributed by atoms with Gasteiger partial charge in [0, 0.05) is 26.1 Å². The van der Waals surface area contributed by atoms with E-state index in [0.717, 1.165) is 42.8 Å². The molecule has 5 nitrogen and oxygen atoms in total. The van der Waals surface area contributed by atoms with Crippen molar-refractivity contribution < 1.29 is 9.90 Å². The zero-order valence-electron chi connectivity index (χ0n) is 12.2. The fourth-order valence-electron chi connectivity index (χ4n) is 2.93. The number of fused-ring (bicyclic) bond motifs is 1. The van der Waals surface area contributed by atoms with Crippen molar-refractivity contribution in [3.63, 3.8) is 0 Å². The van der Waals surface area contributed by atoms with Crippen LogP contribution in [0.1, 0.15) is 25.1 Å². The molecule has 2 heterocycles. The van der Waals surface area contributed by atoms with Gasteiger partial charge in [-0.3, -0.25) is 4.79 Å².